The van der Waals surface area contributed by atoms with E-state index >= 15 is 0 Å². The van der Waals surface area contributed by atoms with E-state index in [1.54, 1.807) is 0 Å². The standard InChI is InChI=1S/C10H17NO2/c1-2-11-6-7-5-8(11)3-4-9(7)10(12)13/h7-9H,2-6H2,1H3,(H,12,13). The molecule has 0 aromatic heterocycles. The minimum atomic E-state index is -0.582. The topological polar surface area (TPSA) is 40.5 Å². The summed E-state index contributed by atoms with van der Waals surface area (Å²) in [5, 5.41) is 9.00. The van der Waals surface area contributed by atoms with Gasteiger partial charge in [-0.05, 0) is 31.7 Å². The van der Waals surface area contributed by atoms with Crippen molar-refractivity contribution in [1.82, 2.24) is 4.90 Å². The minimum Gasteiger partial charge on any atom is -0.481 e. The van der Waals surface area contributed by atoms with E-state index in [1.165, 1.54) is 0 Å². The first-order valence-corrected chi connectivity index (χ1v) is 5.19. The SMILES string of the molecule is CCN1CC2CC1CCC2C(=O)O. The summed E-state index contributed by atoms with van der Waals surface area (Å²) in [6.45, 7) is 4.25. The lowest BCUT2D eigenvalue weighted by Gasteiger charge is -2.25. The fourth-order valence-electron chi connectivity index (χ4n) is 2.94. The van der Waals surface area contributed by atoms with Crippen LogP contribution >= 0.6 is 0 Å². The number of hydrogen-bond acceptors (Lipinski definition) is 2. The molecule has 3 nitrogen and oxygen atoms in total. The zero-order valence-electron chi connectivity index (χ0n) is 8.07. The molecule has 74 valence electrons. The van der Waals surface area contributed by atoms with Crippen LogP contribution < -0.4 is 0 Å². The van der Waals surface area contributed by atoms with Gasteiger partial charge in [0.1, 0.15) is 0 Å². The molecule has 0 amide bonds. The molecule has 0 radical (unpaired) electrons. The van der Waals surface area contributed by atoms with Crippen molar-refractivity contribution in [3.8, 4) is 0 Å². The van der Waals surface area contributed by atoms with Crippen molar-refractivity contribution in [3.05, 3.63) is 0 Å². The van der Waals surface area contributed by atoms with E-state index in [0.717, 1.165) is 32.4 Å². The van der Waals surface area contributed by atoms with Gasteiger partial charge in [0.15, 0.2) is 0 Å². The summed E-state index contributed by atoms with van der Waals surface area (Å²) >= 11 is 0. The lowest BCUT2D eigenvalue weighted by Crippen LogP contribution is -2.29. The third-order valence-electron chi connectivity index (χ3n) is 3.66. The zero-order chi connectivity index (χ0) is 9.42. The molecule has 1 N–H and O–H groups in total. The fourth-order valence-corrected chi connectivity index (χ4v) is 2.94. The molecule has 13 heavy (non-hydrogen) atoms. The van der Waals surface area contributed by atoms with Crippen molar-refractivity contribution in [2.24, 2.45) is 11.8 Å². The van der Waals surface area contributed by atoms with Gasteiger partial charge in [0, 0.05) is 12.6 Å². The summed E-state index contributed by atoms with van der Waals surface area (Å²) in [5.41, 5.74) is 0. The largest absolute Gasteiger partial charge is 0.481 e. The first-order valence-electron chi connectivity index (χ1n) is 5.19. The number of likely N-dealkylation sites (tertiary alicyclic amines) is 1. The summed E-state index contributed by atoms with van der Waals surface area (Å²) in [6.07, 6.45) is 3.09. The number of fused-ring (bicyclic) bond motifs is 2. The molecule has 1 aliphatic heterocycles. The van der Waals surface area contributed by atoms with Crippen LogP contribution in [0.5, 0.6) is 0 Å². The van der Waals surface area contributed by atoms with E-state index in [1.807, 2.05) is 0 Å². The number of aliphatic carboxylic acids is 1. The molecular weight excluding hydrogens is 166 g/mol. The lowest BCUT2D eigenvalue weighted by molar-refractivity contribution is -0.144. The van der Waals surface area contributed by atoms with Crippen LogP contribution in [0.3, 0.4) is 0 Å². The van der Waals surface area contributed by atoms with Gasteiger partial charge in [0.25, 0.3) is 0 Å². The van der Waals surface area contributed by atoms with Crippen molar-refractivity contribution in [2.75, 3.05) is 13.1 Å². The Labute approximate surface area is 78.7 Å². The maximum atomic E-state index is 10.9. The Balaban J connectivity index is 2.06. The predicted octanol–water partition coefficient (Wildman–Crippen LogP) is 1.19. The maximum absolute atomic E-state index is 10.9. The molecule has 1 aliphatic carbocycles. The van der Waals surface area contributed by atoms with Gasteiger partial charge < -0.3 is 10.0 Å². The molecule has 1 saturated heterocycles. The molecule has 2 bridgehead atoms. The van der Waals surface area contributed by atoms with Gasteiger partial charge in [-0.15, -0.1) is 0 Å². The summed E-state index contributed by atoms with van der Waals surface area (Å²) in [5.74, 6) is -0.217. The molecule has 0 aromatic carbocycles. The van der Waals surface area contributed by atoms with Gasteiger partial charge in [-0.25, -0.2) is 0 Å². The van der Waals surface area contributed by atoms with Gasteiger partial charge in [-0.1, -0.05) is 6.92 Å². The van der Waals surface area contributed by atoms with Crippen LogP contribution in [0.4, 0.5) is 0 Å². The molecule has 2 rings (SSSR count). The second-order valence-corrected chi connectivity index (χ2v) is 4.26. The number of carbonyl (C=O) groups is 1. The van der Waals surface area contributed by atoms with E-state index in [0.29, 0.717) is 12.0 Å². The fraction of sp³-hybridized carbons (Fsp3) is 0.900. The molecule has 3 atom stereocenters. The molecule has 1 saturated carbocycles. The van der Waals surface area contributed by atoms with Gasteiger partial charge in [0.05, 0.1) is 5.92 Å². The molecule has 3 heteroatoms. The highest BCUT2D eigenvalue weighted by Crippen LogP contribution is 2.39. The first kappa shape index (κ1) is 9.00. The molecule has 0 spiro atoms. The van der Waals surface area contributed by atoms with E-state index in [4.69, 9.17) is 5.11 Å². The number of hydrogen-bond donors (Lipinski definition) is 1. The Morgan fingerprint density at radius 1 is 1.54 bits per heavy atom. The quantitative estimate of drug-likeness (QED) is 0.699. The Hall–Kier alpha value is -0.570. The van der Waals surface area contributed by atoms with Crippen molar-refractivity contribution in [2.45, 2.75) is 32.2 Å². The van der Waals surface area contributed by atoms with Crippen LogP contribution in [0.1, 0.15) is 26.2 Å². The highest BCUT2D eigenvalue weighted by molar-refractivity contribution is 5.70. The smallest absolute Gasteiger partial charge is 0.306 e. The zero-order valence-corrected chi connectivity index (χ0v) is 8.07. The molecule has 2 fully saturated rings. The third-order valence-corrected chi connectivity index (χ3v) is 3.66. The highest BCUT2D eigenvalue weighted by Gasteiger charge is 2.42. The summed E-state index contributed by atoms with van der Waals surface area (Å²) in [6, 6.07) is 0.686. The van der Waals surface area contributed by atoms with Crippen LogP contribution in [0.2, 0.25) is 0 Å². The first-order chi connectivity index (χ1) is 6.22. The maximum Gasteiger partial charge on any atom is 0.306 e. The third kappa shape index (κ3) is 1.46. The van der Waals surface area contributed by atoms with Crippen molar-refractivity contribution in [1.29, 1.82) is 0 Å². The Morgan fingerprint density at radius 2 is 2.31 bits per heavy atom. The number of carboxylic acid groups (broad SMARTS) is 1. The van der Waals surface area contributed by atoms with E-state index in [9.17, 15) is 4.79 Å². The molecule has 3 unspecified atom stereocenters. The Morgan fingerprint density at radius 3 is 2.92 bits per heavy atom. The van der Waals surface area contributed by atoms with Gasteiger partial charge in [-0.2, -0.15) is 0 Å². The normalized spacial score (nSPS) is 39.3. The van der Waals surface area contributed by atoms with Crippen LogP contribution in [0, 0.1) is 11.8 Å². The van der Waals surface area contributed by atoms with Crippen LogP contribution in [-0.4, -0.2) is 35.1 Å². The second kappa shape index (κ2) is 3.29. The van der Waals surface area contributed by atoms with Crippen LogP contribution in [0.25, 0.3) is 0 Å². The minimum absolute atomic E-state index is 0.0622. The Kier molecular flexibility index (Phi) is 2.28. The number of carboxylic acids is 1. The molecular formula is C10H17NO2. The molecule has 1 heterocycles. The van der Waals surface area contributed by atoms with E-state index < -0.39 is 5.97 Å². The van der Waals surface area contributed by atoms with Gasteiger partial charge in [0.2, 0.25) is 0 Å². The summed E-state index contributed by atoms with van der Waals surface area (Å²) < 4.78 is 0. The summed E-state index contributed by atoms with van der Waals surface area (Å²) in [7, 11) is 0. The lowest BCUT2D eigenvalue weighted by atomic mass is 9.80. The van der Waals surface area contributed by atoms with Crippen LogP contribution in [-0.2, 0) is 4.79 Å². The average molecular weight is 183 g/mol. The van der Waals surface area contributed by atoms with Gasteiger partial charge >= 0.3 is 5.97 Å². The molecule has 2 aliphatic rings. The average Bonchev–Trinajstić information content (AvgIpc) is 2.42. The predicted molar refractivity (Wildman–Crippen MR) is 49.5 cm³/mol. The highest BCUT2D eigenvalue weighted by atomic mass is 16.4. The van der Waals surface area contributed by atoms with E-state index in [2.05, 4.69) is 11.8 Å². The second-order valence-electron chi connectivity index (χ2n) is 4.26. The molecule has 0 aromatic rings. The monoisotopic (exact) mass is 183 g/mol. The Bertz CT molecular complexity index is 217. The number of rotatable bonds is 2. The van der Waals surface area contributed by atoms with Crippen LogP contribution in [0.15, 0.2) is 0 Å². The van der Waals surface area contributed by atoms with Crippen molar-refractivity contribution >= 4 is 5.97 Å². The van der Waals surface area contributed by atoms with Gasteiger partial charge in [-0.3, -0.25) is 4.79 Å². The van der Waals surface area contributed by atoms with Crippen molar-refractivity contribution in [3.63, 3.8) is 0 Å². The summed E-state index contributed by atoms with van der Waals surface area (Å²) in [4.78, 5) is 13.4. The van der Waals surface area contributed by atoms with Crippen molar-refractivity contribution < 1.29 is 9.90 Å². The van der Waals surface area contributed by atoms with E-state index in [-0.39, 0.29) is 5.92 Å². The number of nitrogens with zero attached hydrogens (tertiary/aromatic N) is 1.